The second-order valence-electron chi connectivity index (χ2n) is 8.77. The molecule has 28 heavy (non-hydrogen) atoms. The summed E-state index contributed by atoms with van der Waals surface area (Å²) in [4.78, 5) is 14.8. The van der Waals surface area contributed by atoms with Gasteiger partial charge < -0.3 is 19.5 Å². The summed E-state index contributed by atoms with van der Waals surface area (Å²) in [6, 6.07) is 10.5. The van der Waals surface area contributed by atoms with Gasteiger partial charge in [0.15, 0.2) is 0 Å². The molecule has 154 valence electrons. The number of ether oxygens (including phenoxy) is 2. The van der Waals surface area contributed by atoms with Crippen LogP contribution in [-0.2, 0) is 20.7 Å². The fraction of sp³-hybridized carbons (Fsp3) is 0.696. The summed E-state index contributed by atoms with van der Waals surface area (Å²) in [5, 5.41) is 9.55. The molecule has 2 aliphatic heterocycles. The van der Waals surface area contributed by atoms with Gasteiger partial charge in [0.25, 0.3) is 0 Å². The van der Waals surface area contributed by atoms with Gasteiger partial charge in [-0.05, 0) is 50.0 Å². The predicted molar refractivity (Wildman–Crippen MR) is 107 cm³/mol. The molecule has 1 N–H and O–H groups in total. The lowest BCUT2D eigenvalue weighted by Gasteiger charge is -2.42. The van der Waals surface area contributed by atoms with Crippen LogP contribution in [0.25, 0.3) is 0 Å². The number of nitrogens with zero attached hydrogens (tertiary/aromatic N) is 1. The molecule has 0 radical (unpaired) electrons. The average Bonchev–Trinajstić information content (AvgIpc) is 2.71. The van der Waals surface area contributed by atoms with Gasteiger partial charge in [0.1, 0.15) is 0 Å². The Balaban J connectivity index is 1.37. The summed E-state index contributed by atoms with van der Waals surface area (Å²) in [5.41, 5.74) is 1.31. The molecule has 4 rings (SSSR count). The van der Waals surface area contributed by atoms with Crippen molar-refractivity contribution in [3.05, 3.63) is 35.9 Å². The third-order valence-corrected chi connectivity index (χ3v) is 6.67. The zero-order valence-electron chi connectivity index (χ0n) is 16.7. The van der Waals surface area contributed by atoms with Crippen LogP contribution >= 0.6 is 0 Å². The molecule has 0 unspecified atom stereocenters. The predicted octanol–water partition coefficient (Wildman–Crippen LogP) is 2.66. The van der Waals surface area contributed by atoms with Crippen molar-refractivity contribution in [3.63, 3.8) is 0 Å². The van der Waals surface area contributed by atoms with E-state index in [-0.39, 0.29) is 24.0 Å². The van der Waals surface area contributed by atoms with E-state index >= 15 is 0 Å². The quantitative estimate of drug-likeness (QED) is 0.815. The molecule has 1 amide bonds. The van der Waals surface area contributed by atoms with Crippen molar-refractivity contribution in [2.75, 3.05) is 32.9 Å². The SMILES string of the molecule is O=C(C1CC(O)C1)N1CC[C@@H](OCC2CCOCC2)[C@H](Cc2ccccc2)C1. The van der Waals surface area contributed by atoms with Crippen molar-refractivity contribution in [1.82, 2.24) is 4.90 Å². The maximum Gasteiger partial charge on any atom is 0.225 e. The molecular weight excluding hydrogens is 354 g/mol. The average molecular weight is 388 g/mol. The van der Waals surface area contributed by atoms with Crippen molar-refractivity contribution in [2.24, 2.45) is 17.8 Å². The highest BCUT2D eigenvalue weighted by Gasteiger charge is 2.39. The minimum atomic E-state index is -0.283. The smallest absolute Gasteiger partial charge is 0.225 e. The first kappa shape index (κ1) is 19.9. The number of likely N-dealkylation sites (tertiary alicyclic amines) is 1. The lowest BCUT2D eigenvalue weighted by molar-refractivity contribution is -0.147. The number of carbonyl (C=O) groups excluding carboxylic acids is 1. The van der Waals surface area contributed by atoms with Crippen LogP contribution in [-0.4, -0.2) is 61.0 Å². The van der Waals surface area contributed by atoms with E-state index in [9.17, 15) is 9.90 Å². The largest absolute Gasteiger partial charge is 0.393 e. The van der Waals surface area contributed by atoms with E-state index in [0.29, 0.717) is 24.7 Å². The molecule has 2 atom stereocenters. The van der Waals surface area contributed by atoms with Gasteiger partial charge in [-0.15, -0.1) is 0 Å². The molecule has 1 aromatic rings. The molecular formula is C23H33NO4. The molecule has 2 saturated heterocycles. The summed E-state index contributed by atoms with van der Waals surface area (Å²) >= 11 is 0. The lowest BCUT2D eigenvalue weighted by atomic mass is 9.80. The number of aliphatic hydroxyl groups is 1. The van der Waals surface area contributed by atoms with E-state index in [1.54, 1.807) is 0 Å². The van der Waals surface area contributed by atoms with E-state index < -0.39 is 0 Å². The topological polar surface area (TPSA) is 59.0 Å². The Bertz CT molecular complexity index is 625. The van der Waals surface area contributed by atoms with Gasteiger partial charge in [0, 0.05) is 44.7 Å². The van der Waals surface area contributed by atoms with E-state index in [4.69, 9.17) is 9.47 Å². The minimum absolute atomic E-state index is 0.0204. The molecule has 5 heteroatoms. The standard InChI is InChI=1S/C23H33NO4/c25-21-13-19(14-21)23(26)24-9-6-22(28-16-18-7-10-27-11-8-18)20(15-24)12-17-4-2-1-3-5-17/h1-5,18-22,25H,6-16H2/t19?,20-,21?,22-/m1/s1. The molecule has 2 heterocycles. The monoisotopic (exact) mass is 387 g/mol. The third kappa shape index (κ3) is 4.94. The number of piperidine rings is 1. The second kappa shape index (κ2) is 9.38. The Morgan fingerprint density at radius 3 is 2.61 bits per heavy atom. The first-order valence-electron chi connectivity index (χ1n) is 10.9. The van der Waals surface area contributed by atoms with Gasteiger partial charge >= 0.3 is 0 Å². The first-order valence-corrected chi connectivity index (χ1v) is 10.9. The fourth-order valence-electron chi connectivity index (χ4n) is 4.76. The maximum absolute atomic E-state index is 12.8. The zero-order valence-corrected chi connectivity index (χ0v) is 16.7. The van der Waals surface area contributed by atoms with Crippen LogP contribution in [0.1, 0.15) is 37.7 Å². The minimum Gasteiger partial charge on any atom is -0.393 e. The van der Waals surface area contributed by atoms with Gasteiger partial charge in [-0.2, -0.15) is 0 Å². The third-order valence-electron chi connectivity index (χ3n) is 6.67. The first-order chi connectivity index (χ1) is 13.7. The van der Waals surface area contributed by atoms with Gasteiger partial charge in [-0.1, -0.05) is 30.3 Å². The van der Waals surface area contributed by atoms with Gasteiger partial charge in [0.2, 0.25) is 5.91 Å². The van der Waals surface area contributed by atoms with Crippen molar-refractivity contribution >= 4 is 5.91 Å². The van der Waals surface area contributed by atoms with E-state index in [1.165, 1.54) is 5.56 Å². The normalized spacial score (nSPS) is 31.4. The number of carbonyl (C=O) groups is 1. The van der Waals surface area contributed by atoms with Crippen LogP contribution in [0.15, 0.2) is 30.3 Å². The second-order valence-corrected chi connectivity index (χ2v) is 8.77. The summed E-state index contributed by atoms with van der Waals surface area (Å²) in [5.74, 6) is 1.17. The number of aliphatic hydroxyl groups excluding tert-OH is 1. The molecule has 1 aromatic carbocycles. The number of rotatable bonds is 6. The fourth-order valence-corrected chi connectivity index (χ4v) is 4.76. The molecule has 1 aliphatic carbocycles. The molecule has 0 spiro atoms. The molecule has 0 bridgehead atoms. The Morgan fingerprint density at radius 2 is 1.89 bits per heavy atom. The summed E-state index contributed by atoms with van der Waals surface area (Å²) < 4.78 is 11.9. The van der Waals surface area contributed by atoms with E-state index in [2.05, 4.69) is 24.3 Å². The van der Waals surface area contributed by atoms with Gasteiger partial charge in [-0.25, -0.2) is 0 Å². The molecule has 5 nitrogen and oxygen atoms in total. The van der Waals surface area contributed by atoms with Crippen LogP contribution in [0.2, 0.25) is 0 Å². The van der Waals surface area contributed by atoms with Crippen LogP contribution in [0.4, 0.5) is 0 Å². The Kier molecular flexibility index (Phi) is 6.65. The van der Waals surface area contributed by atoms with E-state index in [1.807, 2.05) is 11.0 Å². The summed E-state index contributed by atoms with van der Waals surface area (Å²) in [6.07, 6.45) is 5.20. The van der Waals surface area contributed by atoms with Crippen molar-refractivity contribution < 1.29 is 19.4 Å². The highest BCUT2D eigenvalue weighted by molar-refractivity contribution is 5.80. The summed E-state index contributed by atoms with van der Waals surface area (Å²) in [6.45, 7) is 4.04. The number of benzene rings is 1. The van der Waals surface area contributed by atoms with Gasteiger partial charge in [-0.3, -0.25) is 4.79 Å². The number of hydrogen-bond donors (Lipinski definition) is 1. The Labute approximate surface area is 168 Å². The number of hydrogen-bond acceptors (Lipinski definition) is 4. The highest BCUT2D eigenvalue weighted by Crippen LogP contribution is 2.32. The maximum atomic E-state index is 12.8. The molecule has 1 saturated carbocycles. The Hall–Kier alpha value is -1.43. The lowest BCUT2D eigenvalue weighted by Crippen LogP contribution is -2.52. The van der Waals surface area contributed by atoms with Gasteiger partial charge in [0.05, 0.1) is 12.2 Å². The van der Waals surface area contributed by atoms with E-state index in [0.717, 1.165) is 58.6 Å². The molecule has 3 aliphatic rings. The van der Waals surface area contributed by atoms with Crippen LogP contribution in [0, 0.1) is 17.8 Å². The van der Waals surface area contributed by atoms with Crippen LogP contribution in [0.3, 0.4) is 0 Å². The Morgan fingerprint density at radius 1 is 1.14 bits per heavy atom. The molecule has 0 aromatic heterocycles. The number of amides is 1. The van der Waals surface area contributed by atoms with Crippen molar-refractivity contribution in [2.45, 2.75) is 50.7 Å². The highest BCUT2D eigenvalue weighted by atomic mass is 16.5. The molecule has 3 fully saturated rings. The summed E-state index contributed by atoms with van der Waals surface area (Å²) in [7, 11) is 0. The zero-order chi connectivity index (χ0) is 19.3. The van der Waals surface area contributed by atoms with Crippen molar-refractivity contribution in [3.8, 4) is 0 Å². The van der Waals surface area contributed by atoms with Crippen LogP contribution < -0.4 is 0 Å². The van der Waals surface area contributed by atoms with Crippen LogP contribution in [0.5, 0.6) is 0 Å². The van der Waals surface area contributed by atoms with Crippen molar-refractivity contribution in [1.29, 1.82) is 0 Å².